The molecular formula is C18H39O5P. The Hall–Kier alpha value is 0.0700. The van der Waals surface area contributed by atoms with E-state index in [1.807, 2.05) is 0 Å². The van der Waals surface area contributed by atoms with Crippen molar-refractivity contribution in [3.05, 3.63) is 0 Å². The minimum absolute atomic E-state index is 0.168. The van der Waals surface area contributed by atoms with Gasteiger partial charge in [0.15, 0.2) is 6.29 Å². The van der Waals surface area contributed by atoms with Crippen molar-refractivity contribution < 1.29 is 23.1 Å². The van der Waals surface area contributed by atoms with Crippen LogP contribution in [0.1, 0.15) is 85.0 Å². The fourth-order valence-electron chi connectivity index (χ4n) is 2.08. The van der Waals surface area contributed by atoms with Crippen molar-refractivity contribution in [1.82, 2.24) is 0 Å². The fraction of sp³-hybridized carbons (Fsp3) is 1.00. The van der Waals surface area contributed by atoms with E-state index >= 15 is 0 Å². The van der Waals surface area contributed by atoms with Crippen LogP contribution in [0.4, 0.5) is 0 Å². The number of rotatable bonds is 19. The van der Waals surface area contributed by atoms with Crippen LogP contribution in [0.15, 0.2) is 0 Å². The van der Waals surface area contributed by atoms with Gasteiger partial charge in [0.2, 0.25) is 0 Å². The van der Waals surface area contributed by atoms with Crippen molar-refractivity contribution in [2.24, 2.45) is 0 Å². The summed E-state index contributed by atoms with van der Waals surface area (Å²) in [5, 5.41) is 0. The van der Waals surface area contributed by atoms with E-state index in [0.29, 0.717) is 19.8 Å². The van der Waals surface area contributed by atoms with Gasteiger partial charge in [-0.1, -0.05) is 65.7 Å². The molecule has 0 aliphatic heterocycles. The lowest BCUT2D eigenvalue weighted by Gasteiger charge is -2.18. The molecule has 0 N–H and O–H groups in total. The summed E-state index contributed by atoms with van der Waals surface area (Å²) < 4.78 is 33.6. The van der Waals surface area contributed by atoms with Gasteiger partial charge >= 0.3 is 8.25 Å². The summed E-state index contributed by atoms with van der Waals surface area (Å²) in [6, 6.07) is 0. The molecule has 0 amide bonds. The average Bonchev–Trinajstić information content (AvgIpc) is 2.58. The molecule has 0 spiro atoms. The Bertz CT molecular complexity index is 266. The van der Waals surface area contributed by atoms with Crippen molar-refractivity contribution in [3.8, 4) is 0 Å². The summed E-state index contributed by atoms with van der Waals surface area (Å²) in [7, 11) is -2.45. The number of unbranched alkanes of at least 4 members (excludes halogenated alkanes) is 7. The molecule has 0 aromatic carbocycles. The van der Waals surface area contributed by atoms with E-state index in [2.05, 4.69) is 20.8 Å². The second-order valence-corrected chi connectivity index (χ2v) is 7.13. The topological polar surface area (TPSA) is 54.0 Å². The summed E-state index contributed by atoms with van der Waals surface area (Å²) in [6.45, 7) is 8.37. The third-order valence-corrected chi connectivity index (χ3v) is 4.50. The molecule has 0 saturated heterocycles. The van der Waals surface area contributed by atoms with Crippen LogP contribution in [0.5, 0.6) is 0 Å². The smallest absolute Gasteiger partial charge is 0.319 e. The van der Waals surface area contributed by atoms with Gasteiger partial charge in [0.05, 0.1) is 6.61 Å². The Morgan fingerprint density at radius 2 is 1.21 bits per heavy atom. The maximum absolute atomic E-state index is 11.8. The molecule has 24 heavy (non-hydrogen) atoms. The molecule has 6 heteroatoms. The molecule has 5 nitrogen and oxygen atoms in total. The molecule has 1 atom stereocenters. The predicted octanol–water partition coefficient (Wildman–Crippen LogP) is 5.73. The second kappa shape index (κ2) is 19.4. The summed E-state index contributed by atoms with van der Waals surface area (Å²) in [6.07, 6.45) is 10.7. The van der Waals surface area contributed by atoms with Crippen LogP contribution in [0.2, 0.25) is 0 Å². The molecule has 146 valence electrons. The minimum Gasteiger partial charge on any atom is -0.350 e. The van der Waals surface area contributed by atoms with Crippen molar-refractivity contribution in [3.63, 3.8) is 0 Å². The fourth-order valence-corrected chi connectivity index (χ4v) is 2.74. The zero-order valence-corrected chi connectivity index (χ0v) is 17.0. The normalized spacial score (nSPS) is 12.8. The molecular weight excluding hydrogens is 327 g/mol. The zero-order chi connectivity index (χ0) is 17.9. The molecule has 0 bridgehead atoms. The molecule has 0 heterocycles. The predicted molar refractivity (Wildman–Crippen MR) is 99.8 cm³/mol. The summed E-state index contributed by atoms with van der Waals surface area (Å²) >= 11 is 0. The van der Waals surface area contributed by atoms with Gasteiger partial charge in [0.1, 0.15) is 6.61 Å². The summed E-state index contributed by atoms with van der Waals surface area (Å²) in [5.41, 5.74) is 0. The highest BCUT2D eigenvalue weighted by Gasteiger charge is 2.12. The van der Waals surface area contributed by atoms with Crippen LogP contribution in [-0.4, -0.2) is 32.7 Å². The van der Waals surface area contributed by atoms with Gasteiger partial charge in [-0.05, 0) is 19.3 Å². The highest BCUT2D eigenvalue weighted by Crippen LogP contribution is 2.25. The van der Waals surface area contributed by atoms with E-state index in [-0.39, 0.29) is 6.61 Å². The van der Waals surface area contributed by atoms with E-state index in [1.54, 1.807) is 0 Å². The van der Waals surface area contributed by atoms with E-state index in [4.69, 9.17) is 18.5 Å². The largest absolute Gasteiger partial charge is 0.350 e. The van der Waals surface area contributed by atoms with Gasteiger partial charge in [-0.3, -0.25) is 4.57 Å². The molecule has 0 rings (SSSR count). The lowest BCUT2D eigenvalue weighted by molar-refractivity contribution is -0.159. The summed E-state index contributed by atoms with van der Waals surface area (Å²) in [5.74, 6) is 0. The highest BCUT2D eigenvalue weighted by molar-refractivity contribution is 7.33. The van der Waals surface area contributed by atoms with Gasteiger partial charge in [-0.2, -0.15) is 0 Å². The summed E-state index contributed by atoms with van der Waals surface area (Å²) in [4.78, 5) is 0. The Labute approximate surface area is 149 Å². The molecule has 1 unspecified atom stereocenters. The first-order valence-electron chi connectivity index (χ1n) is 9.77. The quantitative estimate of drug-likeness (QED) is 0.166. The zero-order valence-electron chi connectivity index (χ0n) is 16.0. The molecule has 0 aromatic heterocycles. The standard InChI is InChI=1S/C18H39O5P/c1-4-7-10-11-12-13-16-22-24(19)23-17-18(20-14-8-5-2)21-15-9-6-3/h18,24H,4-17H2,1-3H3. The highest BCUT2D eigenvalue weighted by atomic mass is 31.1. The maximum atomic E-state index is 11.8. The molecule has 0 aliphatic rings. The minimum atomic E-state index is -2.45. The van der Waals surface area contributed by atoms with Crippen LogP contribution < -0.4 is 0 Å². The lowest BCUT2D eigenvalue weighted by atomic mass is 10.1. The van der Waals surface area contributed by atoms with E-state index in [1.165, 1.54) is 25.7 Å². The van der Waals surface area contributed by atoms with E-state index < -0.39 is 14.5 Å². The van der Waals surface area contributed by atoms with Gasteiger partial charge in [0.25, 0.3) is 0 Å². The average molecular weight is 366 g/mol. The maximum Gasteiger partial charge on any atom is 0.319 e. The van der Waals surface area contributed by atoms with E-state index in [9.17, 15) is 4.57 Å². The van der Waals surface area contributed by atoms with Crippen LogP contribution in [0.3, 0.4) is 0 Å². The third kappa shape index (κ3) is 16.9. The Morgan fingerprint density at radius 1 is 0.667 bits per heavy atom. The first-order valence-corrected chi connectivity index (χ1v) is 11.0. The number of hydrogen-bond donors (Lipinski definition) is 0. The monoisotopic (exact) mass is 366 g/mol. The number of hydrogen-bond acceptors (Lipinski definition) is 5. The first kappa shape index (κ1) is 24.1. The Balaban J connectivity index is 3.73. The molecule has 0 aliphatic carbocycles. The van der Waals surface area contributed by atoms with Crippen molar-refractivity contribution in [1.29, 1.82) is 0 Å². The van der Waals surface area contributed by atoms with Crippen LogP contribution >= 0.6 is 8.25 Å². The van der Waals surface area contributed by atoms with Crippen molar-refractivity contribution in [2.75, 3.05) is 26.4 Å². The van der Waals surface area contributed by atoms with Gasteiger partial charge in [-0.25, -0.2) is 0 Å². The molecule has 0 fully saturated rings. The van der Waals surface area contributed by atoms with E-state index in [0.717, 1.165) is 38.5 Å². The third-order valence-electron chi connectivity index (χ3n) is 3.66. The van der Waals surface area contributed by atoms with Crippen molar-refractivity contribution in [2.45, 2.75) is 91.3 Å². The van der Waals surface area contributed by atoms with Crippen LogP contribution in [-0.2, 0) is 23.1 Å². The van der Waals surface area contributed by atoms with Crippen molar-refractivity contribution >= 4 is 8.25 Å². The van der Waals surface area contributed by atoms with Crippen LogP contribution in [0.25, 0.3) is 0 Å². The van der Waals surface area contributed by atoms with Crippen LogP contribution in [0, 0.1) is 0 Å². The first-order chi connectivity index (χ1) is 11.7. The van der Waals surface area contributed by atoms with Gasteiger partial charge in [-0.15, -0.1) is 0 Å². The SMILES string of the molecule is CCCCCCCCO[PH](=O)OCC(OCCCC)OCCCC. The molecule has 0 radical (unpaired) electrons. The molecule has 0 saturated carbocycles. The van der Waals surface area contributed by atoms with Gasteiger partial charge in [0, 0.05) is 13.2 Å². The number of ether oxygens (including phenoxy) is 2. The Morgan fingerprint density at radius 3 is 1.79 bits per heavy atom. The lowest BCUT2D eigenvalue weighted by Crippen LogP contribution is -2.23. The second-order valence-electron chi connectivity index (χ2n) is 6.06. The Kier molecular flexibility index (Phi) is 19.5. The van der Waals surface area contributed by atoms with Gasteiger partial charge < -0.3 is 18.5 Å². The molecule has 0 aromatic rings.